The average molecular weight is 191 g/mol. The van der Waals surface area contributed by atoms with Crippen LogP contribution in [0.2, 0.25) is 0 Å². The van der Waals surface area contributed by atoms with Crippen LogP contribution in [-0.2, 0) is 0 Å². The Bertz CT molecular complexity index is 343. The second-order valence-electron chi connectivity index (χ2n) is 3.09. The molecule has 0 aliphatic rings. The molecule has 0 aliphatic carbocycles. The maximum Gasteiger partial charge on any atom is 0.171 e. The summed E-state index contributed by atoms with van der Waals surface area (Å²) >= 11 is 0. The van der Waals surface area contributed by atoms with Gasteiger partial charge in [0.2, 0.25) is 0 Å². The molecule has 1 unspecified atom stereocenters. The minimum absolute atomic E-state index is 0.0824. The number of nitrogens with two attached hydrogens (primary N) is 1. The molecule has 14 heavy (non-hydrogen) atoms. The summed E-state index contributed by atoms with van der Waals surface area (Å²) in [5.74, 6) is 1.01. The van der Waals surface area contributed by atoms with Crippen molar-refractivity contribution in [3.63, 3.8) is 0 Å². The van der Waals surface area contributed by atoms with Crippen molar-refractivity contribution in [3.05, 3.63) is 12.4 Å². The third kappa shape index (κ3) is 2.10. The van der Waals surface area contributed by atoms with Crippen LogP contribution in [0.3, 0.4) is 0 Å². The number of aromatic nitrogens is 2. The van der Waals surface area contributed by atoms with E-state index < -0.39 is 0 Å². The predicted octanol–water partition coefficient (Wildman–Crippen LogP) is 0.797. The monoisotopic (exact) mass is 191 g/mol. The molecule has 1 aromatic heterocycles. The van der Waals surface area contributed by atoms with E-state index >= 15 is 0 Å². The Balaban J connectivity index is 2.84. The zero-order chi connectivity index (χ0) is 10.6. The van der Waals surface area contributed by atoms with Gasteiger partial charge >= 0.3 is 0 Å². The van der Waals surface area contributed by atoms with E-state index in [-0.39, 0.29) is 6.04 Å². The van der Waals surface area contributed by atoms with Gasteiger partial charge in [-0.3, -0.25) is 0 Å². The molecule has 1 aromatic rings. The maximum absolute atomic E-state index is 8.56. The lowest BCUT2D eigenvalue weighted by Gasteiger charge is -2.24. The van der Waals surface area contributed by atoms with Crippen LogP contribution < -0.4 is 10.6 Å². The molecule has 0 radical (unpaired) electrons. The van der Waals surface area contributed by atoms with Crippen LogP contribution in [0, 0.1) is 11.3 Å². The summed E-state index contributed by atoms with van der Waals surface area (Å²) in [6.45, 7) is 1.94. The molecule has 1 rings (SSSR count). The van der Waals surface area contributed by atoms with Gasteiger partial charge in [-0.1, -0.05) is 0 Å². The highest BCUT2D eigenvalue weighted by Crippen LogP contribution is 2.18. The molecule has 0 fully saturated rings. The van der Waals surface area contributed by atoms with Crippen molar-refractivity contribution in [3.8, 4) is 6.07 Å². The van der Waals surface area contributed by atoms with E-state index in [0.29, 0.717) is 18.1 Å². The first-order valence-corrected chi connectivity index (χ1v) is 4.33. The number of hydrogen-bond donors (Lipinski definition) is 1. The van der Waals surface area contributed by atoms with E-state index in [9.17, 15) is 0 Å². The number of rotatable bonds is 3. The molecule has 5 nitrogen and oxygen atoms in total. The van der Waals surface area contributed by atoms with Crippen molar-refractivity contribution in [2.45, 2.75) is 19.4 Å². The maximum atomic E-state index is 8.56. The normalized spacial score (nSPS) is 11.8. The summed E-state index contributed by atoms with van der Waals surface area (Å²) < 4.78 is 0. The first-order chi connectivity index (χ1) is 6.66. The van der Waals surface area contributed by atoms with Gasteiger partial charge in [0.15, 0.2) is 11.6 Å². The third-order valence-corrected chi connectivity index (χ3v) is 2.09. The lowest BCUT2D eigenvalue weighted by Crippen LogP contribution is -2.30. The molecule has 0 saturated heterocycles. The fourth-order valence-electron chi connectivity index (χ4n) is 1.09. The van der Waals surface area contributed by atoms with Crippen LogP contribution in [-0.4, -0.2) is 23.1 Å². The fraction of sp³-hybridized carbons (Fsp3) is 0.444. The van der Waals surface area contributed by atoms with Gasteiger partial charge in [0, 0.05) is 25.5 Å². The van der Waals surface area contributed by atoms with Crippen molar-refractivity contribution < 1.29 is 0 Å². The van der Waals surface area contributed by atoms with E-state index in [0.717, 1.165) is 0 Å². The highest BCUT2D eigenvalue weighted by molar-refractivity contribution is 5.57. The summed E-state index contributed by atoms with van der Waals surface area (Å²) in [5, 5.41) is 8.56. The number of nitrogens with zero attached hydrogens (tertiary/aromatic N) is 4. The van der Waals surface area contributed by atoms with E-state index in [1.807, 2.05) is 18.9 Å². The van der Waals surface area contributed by atoms with Crippen molar-refractivity contribution in [1.82, 2.24) is 9.97 Å². The minimum atomic E-state index is 0.0824. The highest BCUT2D eigenvalue weighted by Gasteiger charge is 2.13. The van der Waals surface area contributed by atoms with E-state index in [1.54, 1.807) is 12.4 Å². The summed E-state index contributed by atoms with van der Waals surface area (Å²) in [7, 11) is 1.85. The minimum Gasteiger partial charge on any atom is -0.381 e. The summed E-state index contributed by atoms with van der Waals surface area (Å²) in [5.41, 5.74) is 5.66. The standard InChI is InChI=1S/C9H13N5/c1-7(3-4-10)14(2)9-8(11)12-5-6-13-9/h5-7H,3H2,1-2H3,(H2,11,12). The summed E-state index contributed by atoms with van der Waals surface area (Å²) in [6.07, 6.45) is 3.56. The van der Waals surface area contributed by atoms with Crippen molar-refractivity contribution in [2.75, 3.05) is 17.7 Å². The molecule has 2 N–H and O–H groups in total. The van der Waals surface area contributed by atoms with Gasteiger partial charge in [0.05, 0.1) is 12.5 Å². The molecular weight excluding hydrogens is 178 g/mol. The molecule has 1 atom stereocenters. The van der Waals surface area contributed by atoms with Crippen LogP contribution in [0.5, 0.6) is 0 Å². The third-order valence-electron chi connectivity index (χ3n) is 2.09. The molecule has 0 aromatic carbocycles. The van der Waals surface area contributed by atoms with Crippen LogP contribution in [0.25, 0.3) is 0 Å². The quantitative estimate of drug-likeness (QED) is 0.764. The first-order valence-electron chi connectivity index (χ1n) is 4.33. The van der Waals surface area contributed by atoms with E-state index in [4.69, 9.17) is 11.0 Å². The highest BCUT2D eigenvalue weighted by atomic mass is 15.2. The van der Waals surface area contributed by atoms with Crippen LogP contribution in [0.4, 0.5) is 11.6 Å². The largest absolute Gasteiger partial charge is 0.381 e. The molecule has 0 amide bonds. The predicted molar refractivity (Wildman–Crippen MR) is 54.5 cm³/mol. The van der Waals surface area contributed by atoms with Gasteiger partial charge in [-0.25, -0.2) is 9.97 Å². The average Bonchev–Trinajstić information content (AvgIpc) is 2.18. The Labute approximate surface area is 83.2 Å². The fourth-order valence-corrected chi connectivity index (χ4v) is 1.09. The lowest BCUT2D eigenvalue weighted by atomic mass is 10.2. The number of nitrogen functional groups attached to an aromatic ring is 1. The van der Waals surface area contributed by atoms with Crippen molar-refractivity contribution >= 4 is 11.6 Å². The second-order valence-corrected chi connectivity index (χ2v) is 3.09. The smallest absolute Gasteiger partial charge is 0.171 e. The Morgan fingerprint density at radius 2 is 2.21 bits per heavy atom. The van der Waals surface area contributed by atoms with Crippen molar-refractivity contribution in [1.29, 1.82) is 5.26 Å². The molecule has 0 aliphatic heterocycles. The topological polar surface area (TPSA) is 78.8 Å². The van der Waals surface area contributed by atoms with Crippen molar-refractivity contribution in [2.24, 2.45) is 0 Å². The summed E-state index contributed by atoms with van der Waals surface area (Å²) in [4.78, 5) is 9.90. The van der Waals surface area contributed by atoms with Gasteiger partial charge in [0.25, 0.3) is 0 Å². The lowest BCUT2D eigenvalue weighted by molar-refractivity contribution is 0.693. The molecule has 74 valence electrons. The number of nitriles is 1. The summed E-state index contributed by atoms with van der Waals surface area (Å²) in [6, 6.07) is 2.19. The Morgan fingerprint density at radius 1 is 1.57 bits per heavy atom. The van der Waals surface area contributed by atoms with Crippen LogP contribution in [0.1, 0.15) is 13.3 Å². The van der Waals surface area contributed by atoms with Gasteiger partial charge in [-0.2, -0.15) is 5.26 Å². The van der Waals surface area contributed by atoms with E-state index in [2.05, 4.69) is 16.0 Å². The second kappa shape index (κ2) is 4.42. The van der Waals surface area contributed by atoms with Gasteiger partial charge in [-0.15, -0.1) is 0 Å². The van der Waals surface area contributed by atoms with E-state index in [1.165, 1.54) is 0 Å². The number of anilines is 2. The zero-order valence-electron chi connectivity index (χ0n) is 8.31. The number of hydrogen-bond acceptors (Lipinski definition) is 5. The molecular formula is C9H13N5. The van der Waals surface area contributed by atoms with Gasteiger partial charge in [0.1, 0.15) is 0 Å². The molecule has 1 heterocycles. The molecule has 0 spiro atoms. The van der Waals surface area contributed by atoms with Gasteiger partial charge in [-0.05, 0) is 6.92 Å². The Morgan fingerprint density at radius 3 is 2.79 bits per heavy atom. The molecule has 5 heteroatoms. The van der Waals surface area contributed by atoms with Crippen LogP contribution >= 0.6 is 0 Å². The molecule has 0 bridgehead atoms. The Kier molecular flexibility index (Phi) is 3.24. The zero-order valence-corrected chi connectivity index (χ0v) is 8.31. The SMILES string of the molecule is CC(CC#N)N(C)c1nccnc1N. The van der Waals surface area contributed by atoms with Gasteiger partial charge < -0.3 is 10.6 Å². The Hall–Kier alpha value is -1.83. The first kappa shape index (κ1) is 10.3. The molecule has 0 saturated carbocycles. The van der Waals surface area contributed by atoms with Crippen LogP contribution in [0.15, 0.2) is 12.4 Å².